The third kappa shape index (κ3) is 3.88. The summed E-state index contributed by atoms with van der Waals surface area (Å²) in [5.41, 5.74) is 2.04. The number of ether oxygens (including phenoxy) is 1. The lowest BCUT2D eigenvalue weighted by molar-refractivity contribution is 0.0534. The van der Waals surface area contributed by atoms with E-state index in [9.17, 15) is 9.36 Å². The topological polar surface area (TPSA) is 162 Å². The number of anilines is 1. The van der Waals surface area contributed by atoms with Crippen LogP contribution in [0.3, 0.4) is 0 Å². The van der Waals surface area contributed by atoms with Gasteiger partial charge in [0.1, 0.15) is 6.73 Å². The van der Waals surface area contributed by atoms with Crippen LogP contribution >= 0.6 is 18.2 Å². The van der Waals surface area contributed by atoms with Crippen molar-refractivity contribution in [1.82, 2.24) is 19.2 Å². The molecule has 2 rings (SSSR count). The highest BCUT2D eigenvalue weighted by atomic mass is 32.7. The van der Waals surface area contributed by atoms with Gasteiger partial charge >= 0.3 is 12.4 Å². The molecular weight excluding hydrogens is 361 g/mol. The van der Waals surface area contributed by atoms with Crippen LogP contribution in [0.1, 0.15) is 0 Å². The Morgan fingerprint density at radius 3 is 2.83 bits per heavy atom. The molecule has 5 N–H and O–H groups in total. The van der Waals surface area contributed by atoms with Crippen LogP contribution in [0.4, 0.5) is 5.95 Å². The van der Waals surface area contributed by atoms with Gasteiger partial charge in [0.25, 0.3) is 0 Å². The van der Waals surface area contributed by atoms with Crippen molar-refractivity contribution in [1.29, 1.82) is 0 Å². The molecule has 2 heterocycles. The number of nitrogens with two attached hydrogens (primary N) is 2. The minimum Gasteiger partial charge on any atom is -0.358 e. The molecule has 134 valence electrons. The summed E-state index contributed by atoms with van der Waals surface area (Å²) >= 11 is 1.000. The molecule has 0 saturated heterocycles. The van der Waals surface area contributed by atoms with Crippen LogP contribution in [-0.2, 0) is 25.1 Å². The molecule has 2 aromatic heterocycles. The fourth-order valence-corrected chi connectivity index (χ4v) is 3.40. The van der Waals surface area contributed by atoms with Crippen molar-refractivity contribution in [2.45, 2.75) is 6.73 Å². The molecule has 1 atom stereocenters. The van der Waals surface area contributed by atoms with Gasteiger partial charge in [-0.2, -0.15) is 9.66 Å². The molecule has 12 nitrogen and oxygen atoms in total. The van der Waals surface area contributed by atoms with Crippen LogP contribution < -0.4 is 22.7 Å². The van der Waals surface area contributed by atoms with Gasteiger partial charge in [-0.15, -0.1) is 0 Å². The van der Waals surface area contributed by atoms with Crippen molar-refractivity contribution in [2.75, 3.05) is 37.8 Å². The van der Waals surface area contributed by atoms with E-state index < -0.39 is 12.4 Å². The van der Waals surface area contributed by atoms with Gasteiger partial charge in [-0.05, 0) is 17.6 Å². The van der Waals surface area contributed by atoms with Crippen molar-refractivity contribution in [3.8, 4) is 0 Å². The van der Waals surface area contributed by atoms with Crippen molar-refractivity contribution >= 4 is 35.3 Å². The maximum absolute atomic E-state index is 12.0. The van der Waals surface area contributed by atoms with E-state index in [2.05, 4.69) is 15.4 Å². The molecule has 0 aliphatic carbocycles. The number of imidazole rings is 1. The standard InChI is InChI=1S/C10H18N7O5PS/c1-20-23(19,24-2)22-4-3-21-6-16-5-13-7-8(16)14-10(15-11)17(12)9(7)18/h5H,3-4,6,11-12H2,1-2H3,(H,14,15). The average Bonchev–Trinajstić information content (AvgIpc) is 3.00. The molecule has 0 aromatic carbocycles. The number of rotatable bonds is 9. The van der Waals surface area contributed by atoms with Gasteiger partial charge in [-0.3, -0.25) is 19.3 Å². The van der Waals surface area contributed by atoms with Gasteiger partial charge in [-0.25, -0.2) is 15.4 Å². The van der Waals surface area contributed by atoms with Gasteiger partial charge < -0.3 is 15.1 Å². The average molecular weight is 379 g/mol. The van der Waals surface area contributed by atoms with E-state index in [1.54, 1.807) is 6.26 Å². The maximum atomic E-state index is 12.0. The first kappa shape index (κ1) is 18.7. The second-order valence-electron chi connectivity index (χ2n) is 4.32. The molecular formula is C10H18N7O5PS. The summed E-state index contributed by atoms with van der Waals surface area (Å²) in [6, 6.07) is 0. The lowest BCUT2D eigenvalue weighted by Gasteiger charge is -2.13. The highest BCUT2D eigenvalue weighted by Gasteiger charge is 2.20. The van der Waals surface area contributed by atoms with E-state index >= 15 is 0 Å². The Hall–Kier alpha value is -1.63. The van der Waals surface area contributed by atoms with E-state index in [0.29, 0.717) is 0 Å². The van der Waals surface area contributed by atoms with E-state index in [1.165, 1.54) is 18.0 Å². The summed E-state index contributed by atoms with van der Waals surface area (Å²) in [6.45, 7) is -2.82. The van der Waals surface area contributed by atoms with Crippen molar-refractivity contribution in [2.24, 2.45) is 5.84 Å². The van der Waals surface area contributed by atoms with E-state index in [4.69, 9.17) is 25.5 Å². The molecule has 24 heavy (non-hydrogen) atoms. The summed E-state index contributed by atoms with van der Waals surface area (Å²) < 4.78 is 29.4. The number of hydrogen-bond donors (Lipinski definition) is 3. The number of nitrogen functional groups attached to an aromatic ring is 2. The minimum atomic E-state index is -3.12. The van der Waals surface area contributed by atoms with Crippen LogP contribution in [0.5, 0.6) is 0 Å². The van der Waals surface area contributed by atoms with Gasteiger partial charge in [0.2, 0.25) is 5.95 Å². The highest BCUT2D eigenvalue weighted by Crippen LogP contribution is 2.58. The molecule has 14 heteroatoms. The maximum Gasteiger partial charge on any atom is 0.388 e. The quantitative estimate of drug-likeness (QED) is 0.227. The fourth-order valence-electron chi connectivity index (χ4n) is 1.76. The summed E-state index contributed by atoms with van der Waals surface area (Å²) in [6.07, 6.45) is 3.02. The third-order valence-corrected chi connectivity index (χ3v) is 6.45. The summed E-state index contributed by atoms with van der Waals surface area (Å²) in [4.78, 5) is 20.1. The first-order chi connectivity index (χ1) is 11.5. The minimum absolute atomic E-state index is 0.0152. The van der Waals surface area contributed by atoms with Gasteiger partial charge in [0.15, 0.2) is 11.2 Å². The molecule has 0 bridgehead atoms. The van der Waals surface area contributed by atoms with Crippen LogP contribution in [0.15, 0.2) is 11.1 Å². The number of nitrogens with zero attached hydrogens (tertiary/aromatic N) is 4. The smallest absolute Gasteiger partial charge is 0.358 e. The second-order valence-corrected chi connectivity index (χ2v) is 8.64. The zero-order valence-electron chi connectivity index (χ0n) is 13.0. The summed E-state index contributed by atoms with van der Waals surface area (Å²) in [5.74, 6) is 10.8. The molecule has 1 unspecified atom stereocenters. The lowest BCUT2D eigenvalue weighted by Crippen LogP contribution is -2.32. The summed E-state index contributed by atoms with van der Waals surface area (Å²) in [7, 11) is 1.31. The van der Waals surface area contributed by atoms with Crippen LogP contribution in [0, 0.1) is 0 Å². The Balaban J connectivity index is 2.00. The van der Waals surface area contributed by atoms with Crippen molar-refractivity contribution in [3.05, 3.63) is 16.7 Å². The Morgan fingerprint density at radius 2 is 2.21 bits per heavy atom. The SMILES string of the molecule is COP(=O)(OCCOCn1cnc2c(=O)n(N)c(NN)nc21)SC. The highest BCUT2D eigenvalue weighted by molar-refractivity contribution is 8.54. The van der Waals surface area contributed by atoms with Crippen molar-refractivity contribution in [3.63, 3.8) is 0 Å². The molecule has 0 amide bonds. The third-order valence-electron chi connectivity index (χ3n) is 2.96. The van der Waals surface area contributed by atoms with Crippen LogP contribution in [0.2, 0.25) is 0 Å². The van der Waals surface area contributed by atoms with Gasteiger partial charge in [0.05, 0.1) is 19.5 Å². The Bertz CT molecular complexity index is 801. The first-order valence-corrected chi connectivity index (χ1v) is 9.96. The monoisotopic (exact) mass is 379 g/mol. The number of nitrogens with one attached hydrogen (secondary N) is 1. The van der Waals surface area contributed by atoms with Gasteiger partial charge in [-0.1, -0.05) is 0 Å². The second kappa shape index (κ2) is 7.96. The number of hydrogen-bond acceptors (Lipinski definition) is 11. The molecule has 0 saturated carbocycles. The molecule has 0 radical (unpaired) electrons. The van der Waals surface area contributed by atoms with E-state index in [1.807, 2.05) is 0 Å². The Labute approximate surface area is 140 Å². The molecule has 2 aromatic rings. The van der Waals surface area contributed by atoms with Crippen LogP contribution in [-0.4, -0.2) is 45.8 Å². The Morgan fingerprint density at radius 1 is 1.46 bits per heavy atom. The fraction of sp³-hybridized carbons (Fsp3) is 0.500. The van der Waals surface area contributed by atoms with Gasteiger partial charge in [0, 0.05) is 7.11 Å². The number of hydrazine groups is 1. The number of aromatic nitrogens is 4. The Kier molecular flexibility index (Phi) is 6.21. The van der Waals surface area contributed by atoms with Crippen molar-refractivity contribution < 1.29 is 18.3 Å². The predicted molar refractivity (Wildman–Crippen MR) is 89.8 cm³/mol. The molecule has 0 aliphatic rings. The molecule has 0 aliphatic heterocycles. The number of fused-ring (bicyclic) bond motifs is 1. The van der Waals surface area contributed by atoms with E-state index in [-0.39, 0.29) is 37.1 Å². The summed E-state index contributed by atoms with van der Waals surface area (Å²) in [5, 5.41) is 0. The lowest BCUT2D eigenvalue weighted by atomic mass is 10.5. The normalized spacial score (nSPS) is 14.0. The largest absolute Gasteiger partial charge is 0.388 e. The van der Waals surface area contributed by atoms with Crippen LogP contribution in [0.25, 0.3) is 11.2 Å². The zero-order chi connectivity index (χ0) is 17.7. The predicted octanol–water partition coefficient (Wildman–Crippen LogP) is -0.299. The zero-order valence-corrected chi connectivity index (χ0v) is 14.7. The first-order valence-electron chi connectivity index (χ1n) is 6.59. The van der Waals surface area contributed by atoms with E-state index in [0.717, 1.165) is 16.1 Å². The molecule has 0 fully saturated rings. The molecule has 0 spiro atoms.